The number of ketones is 1. The quantitative estimate of drug-likeness (QED) is 0.593. The van der Waals surface area contributed by atoms with Crippen molar-refractivity contribution >= 4 is 17.4 Å². The van der Waals surface area contributed by atoms with Crippen molar-refractivity contribution in [1.82, 2.24) is 4.57 Å². The molecule has 0 spiro atoms. The Hall–Kier alpha value is -1.54. The zero-order valence-corrected chi connectivity index (χ0v) is 12.9. The van der Waals surface area contributed by atoms with Gasteiger partial charge in [0.1, 0.15) is 0 Å². The van der Waals surface area contributed by atoms with Crippen molar-refractivity contribution in [2.24, 2.45) is 0 Å². The van der Waals surface area contributed by atoms with Crippen LogP contribution >= 0.6 is 11.6 Å². The summed E-state index contributed by atoms with van der Waals surface area (Å²) < 4.78 is 2.21. The van der Waals surface area contributed by atoms with Gasteiger partial charge in [0.15, 0.2) is 5.78 Å². The lowest BCUT2D eigenvalue weighted by Gasteiger charge is -2.16. The lowest BCUT2D eigenvalue weighted by molar-refractivity contribution is 0.102. The molecular formula is C17H20ClNO. The number of carbonyl (C=O) groups is 1. The standard InChI is InChI=1S/C17H20ClNO/c1-12(15-7-5-4-6-8-15)11-19-13(2)9-16(14(19)3)17(20)10-18/h4-9,12H,10-11H2,1-3H3. The van der Waals surface area contributed by atoms with Crippen molar-refractivity contribution in [3.63, 3.8) is 0 Å². The van der Waals surface area contributed by atoms with Gasteiger partial charge in [-0.15, -0.1) is 11.6 Å². The van der Waals surface area contributed by atoms with Crippen LogP contribution in [-0.2, 0) is 6.54 Å². The molecule has 0 bridgehead atoms. The van der Waals surface area contributed by atoms with Crippen molar-refractivity contribution in [3.8, 4) is 0 Å². The number of alkyl halides is 1. The minimum atomic E-state index is -0.00150. The average molecular weight is 290 g/mol. The third-order valence-corrected chi connectivity index (χ3v) is 4.06. The molecule has 1 unspecified atom stereocenters. The second-order valence-electron chi connectivity index (χ2n) is 5.26. The van der Waals surface area contributed by atoms with E-state index in [-0.39, 0.29) is 11.7 Å². The van der Waals surface area contributed by atoms with Gasteiger partial charge in [0, 0.05) is 23.5 Å². The van der Waals surface area contributed by atoms with Crippen molar-refractivity contribution in [1.29, 1.82) is 0 Å². The van der Waals surface area contributed by atoms with Crippen molar-refractivity contribution in [2.45, 2.75) is 33.2 Å². The van der Waals surface area contributed by atoms with Crippen LogP contribution in [0.25, 0.3) is 0 Å². The first-order valence-corrected chi connectivity index (χ1v) is 7.39. The Labute approximate surface area is 125 Å². The van der Waals surface area contributed by atoms with Crippen LogP contribution in [0.15, 0.2) is 36.4 Å². The number of hydrogen-bond donors (Lipinski definition) is 0. The number of Topliss-reactive ketones (excluding diaryl/α,β-unsaturated/α-hetero) is 1. The average Bonchev–Trinajstić information content (AvgIpc) is 2.75. The van der Waals surface area contributed by atoms with Crippen LogP contribution in [0.1, 0.15) is 40.2 Å². The van der Waals surface area contributed by atoms with Crippen LogP contribution in [-0.4, -0.2) is 16.2 Å². The Morgan fingerprint density at radius 2 is 1.90 bits per heavy atom. The summed E-state index contributed by atoms with van der Waals surface area (Å²) in [5.41, 5.74) is 4.18. The largest absolute Gasteiger partial charge is 0.348 e. The van der Waals surface area contributed by atoms with Crippen molar-refractivity contribution in [2.75, 3.05) is 5.88 Å². The van der Waals surface area contributed by atoms with E-state index in [4.69, 9.17) is 11.6 Å². The zero-order valence-electron chi connectivity index (χ0n) is 12.2. The molecule has 0 fully saturated rings. The van der Waals surface area contributed by atoms with E-state index in [0.717, 1.165) is 23.5 Å². The summed E-state index contributed by atoms with van der Waals surface area (Å²) in [6.45, 7) is 7.11. The van der Waals surface area contributed by atoms with Crippen LogP contribution < -0.4 is 0 Å². The molecule has 1 heterocycles. The number of halogens is 1. The van der Waals surface area contributed by atoms with Gasteiger partial charge in [-0.25, -0.2) is 0 Å². The molecule has 106 valence electrons. The van der Waals surface area contributed by atoms with Crippen LogP contribution in [0.5, 0.6) is 0 Å². The van der Waals surface area contributed by atoms with E-state index in [1.807, 2.05) is 26.0 Å². The smallest absolute Gasteiger partial charge is 0.179 e. The molecular weight excluding hydrogens is 270 g/mol. The fraction of sp³-hybridized carbons (Fsp3) is 0.353. The lowest BCUT2D eigenvalue weighted by Crippen LogP contribution is -2.10. The van der Waals surface area contributed by atoms with Gasteiger partial charge >= 0.3 is 0 Å². The molecule has 0 radical (unpaired) electrons. The van der Waals surface area contributed by atoms with E-state index >= 15 is 0 Å². The second kappa shape index (κ2) is 6.27. The summed E-state index contributed by atoms with van der Waals surface area (Å²) in [5.74, 6) is 0.441. The summed E-state index contributed by atoms with van der Waals surface area (Å²) in [5, 5.41) is 0. The van der Waals surface area contributed by atoms with Crippen LogP contribution in [0.4, 0.5) is 0 Å². The van der Waals surface area contributed by atoms with Crippen LogP contribution in [0, 0.1) is 13.8 Å². The van der Waals surface area contributed by atoms with Gasteiger partial charge in [0.05, 0.1) is 5.88 Å². The predicted molar refractivity (Wildman–Crippen MR) is 83.8 cm³/mol. The fourth-order valence-electron chi connectivity index (χ4n) is 2.60. The number of hydrogen-bond acceptors (Lipinski definition) is 1. The summed E-state index contributed by atoms with van der Waals surface area (Å²) in [6, 6.07) is 12.4. The summed E-state index contributed by atoms with van der Waals surface area (Å²) in [7, 11) is 0. The molecule has 1 aromatic heterocycles. The van der Waals surface area contributed by atoms with Gasteiger partial charge in [-0.05, 0) is 31.4 Å². The van der Waals surface area contributed by atoms with Crippen LogP contribution in [0.2, 0.25) is 0 Å². The Morgan fingerprint density at radius 1 is 1.25 bits per heavy atom. The van der Waals surface area contributed by atoms with E-state index in [2.05, 4.69) is 35.8 Å². The normalized spacial score (nSPS) is 12.4. The second-order valence-corrected chi connectivity index (χ2v) is 5.53. The highest BCUT2D eigenvalue weighted by molar-refractivity contribution is 6.30. The third kappa shape index (κ3) is 2.96. The molecule has 20 heavy (non-hydrogen) atoms. The molecule has 2 nitrogen and oxygen atoms in total. The summed E-state index contributed by atoms with van der Waals surface area (Å²) in [6.07, 6.45) is 0. The molecule has 1 aromatic carbocycles. The number of nitrogens with zero attached hydrogens (tertiary/aromatic N) is 1. The highest BCUT2D eigenvalue weighted by Crippen LogP contribution is 2.22. The molecule has 1 atom stereocenters. The van der Waals surface area contributed by atoms with Gasteiger partial charge in [-0.2, -0.15) is 0 Å². The molecule has 0 N–H and O–H groups in total. The molecule has 3 heteroatoms. The molecule has 0 saturated carbocycles. The molecule has 0 saturated heterocycles. The van der Waals surface area contributed by atoms with Gasteiger partial charge in [0.2, 0.25) is 0 Å². The first kappa shape index (κ1) is 14.9. The maximum Gasteiger partial charge on any atom is 0.179 e. The number of aromatic nitrogens is 1. The number of benzene rings is 1. The maximum absolute atomic E-state index is 11.8. The number of aryl methyl sites for hydroxylation is 1. The predicted octanol–water partition coefficient (Wildman–Crippen LogP) is 4.33. The minimum Gasteiger partial charge on any atom is -0.348 e. The van der Waals surface area contributed by atoms with E-state index in [1.54, 1.807) is 0 Å². The molecule has 0 aliphatic carbocycles. The highest BCUT2D eigenvalue weighted by Gasteiger charge is 2.16. The Bertz CT molecular complexity index is 601. The summed E-state index contributed by atoms with van der Waals surface area (Å²) >= 11 is 5.66. The van der Waals surface area contributed by atoms with Gasteiger partial charge in [0.25, 0.3) is 0 Å². The summed E-state index contributed by atoms with van der Waals surface area (Å²) in [4.78, 5) is 11.8. The molecule has 0 aliphatic rings. The first-order chi connectivity index (χ1) is 9.54. The zero-order chi connectivity index (χ0) is 14.7. The number of carbonyl (C=O) groups excluding carboxylic acids is 1. The van der Waals surface area contributed by atoms with Crippen LogP contribution in [0.3, 0.4) is 0 Å². The maximum atomic E-state index is 11.8. The lowest BCUT2D eigenvalue weighted by atomic mass is 10.0. The third-order valence-electron chi connectivity index (χ3n) is 3.82. The highest BCUT2D eigenvalue weighted by atomic mass is 35.5. The monoisotopic (exact) mass is 289 g/mol. The fourth-order valence-corrected chi connectivity index (χ4v) is 2.74. The van der Waals surface area contributed by atoms with Crippen molar-refractivity contribution < 1.29 is 4.79 Å². The Kier molecular flexibility index (Phi) is 4.66. The van der Waals surface area contributed by atoms with E-state index in [0.29, 0.717) is 5.92 Å². The van der Waals surface area contributed by atoms with E-state index < -0.39 is 0 Å². The molecule has 0 amide bonds. The topological polar surface area (TPSA) is 22.0 Å². The Balaban J connectivity index is 2.26. The number of rotatable bonds is 5. The van der Waals surface area contributed by atoms with Gasteiger partial charge < -0.3 is 4.57 Å². The molecule has 2 aromatic rings. The van der Waals surface area contributed by atoms with E-state index in [1.165, 1.54) is 5.56 Å². The SMILES string of the molecule is Cc1cc(C(=O)CCl)c(C)n1CC(C)c1ccccc1. The minimum absolute atomic E-state index is 0.00150. The van der Waals surface area contributed by atoms with E-state index in [9.17, 15) is 4.79 Å². The molecule has 2 rings (SSSR count). The van der Waals surface area contributed by atoms with Gasteiger partial charge in [-0.1, -0.05) is 37.3 Å². The Morgan fingerprint density at radius 3 is 2.50 bits per heavy atom. The van der Waals surface area contributed by atoms with Gasteiger partial charge in [-0.3, -0.25) is 4.79 Å². The van der Waals surface area contributed by atoms with Crippen molar-refractivity contribution in [3.05, 3.63) is 58.9 Å². The molecule has 0 aliphatic heterocycles. The first-order valence-electron chi connectivity index (χ1n) is 6.85.